The molecule has 1 aromatic rings. The molecule has 1 fully saturated rings. The lowest BCUT2D eigenvalue weighted by Crippen LogP contribution is -2.19. The third-order valence-electron chi connectivity index (χ3n) is 3.27. The number of anilines is 1. The van der Waals surface area contributed by atoms with Crippen LogP contribution in [-0.4, -0.2) is 22.8 Å². The molecule has 1 aliphatic carbocycles. The third-order valence-corrected chi connectivity index (χ3v) is 3.27. The van der Waals surface area contributed by atoms with Crippen molar-refractivity contribution >= 4 is 6.01 Å². The van der Waals surface area contributed by atoms with E-state index in [9.17, 15) is 0 Å². The molecule has 1 saturated carbocycles. The summed E-state index contributed by atoms with van der Waals surface area (Å²) in [5.74, 6) is 1.56. The molecule has 5 heteroatoms. The quantitative estimate of drug-likeness (QED) is 0.745. The van der Waals surface area contributed by atoms with Gasteiger partial charge in [0.2, 0.25) is 5.89 Å². The highest BCUT2D eigenvalue weighted by Gasteiger charge is 2.24. The summed E-state index contributed by atoms with van der Waals surface area (Å²) in [5, 5.41) is 14.7. The van der Waals surface area contributed by atoms with Gasteiger partial charge in [-0.25, -0.2) is 0 Å². The standard InChI is InChI=1S/C13H24N4O/c1-4-7-14-10(3)12-16-17-13(18-12)15-9(2)8-11-5-6-11/h9-11,14H,4-8H2,1-3H3,(H,15,17). The number of aromatic nitrogens is 2. The van der Waals surface area contributed by atoms with Crippen LogP contribution in [0.4, 0.5) is 6.01 Å². The van der Waals surface area contributed by atoms with Crippen LogP contribution in [0.3, 0.4) is 0 Å². The van der Waals surface area contributed by atoms with E-state index < -0.39 is 0 Å². The van der Waals surface area contributed by atoms with Gasteiger partial charge in [-0.15, -0.1) is 5.10 Å². The van der Waals surface area contributed by atoms with E-state index in [1.807, 2.05) is 6.92 Å². The molecule has 0 aliphatic heterocycles. The Morgan fingerprint density at radius 3 is 2.78 bits per heavy atom. The summed E-state index contributed by atoms with van der Waals surface area (Å²) in [4.78, 5) is 0. The lowest BCUT2D eigenvalue weighted by molar-refractivity contribution is 0.420. The summed E-state index contributed by atoms with van der Waals surface area (Å²) >= 11 is 0. The number of nitrogens with one attached hydrogen (secondary N) is 2. The molecule has 18 heavy (non-hydrogen) atoms. The molecule has 2 N–H and O–H groups in total. The van der Waals surface area contributed by atoms with Crippen molar-refractivity contribution in [1.82, 2.24) is 15.5 Å². The number of hydrogen-bond acceptors (Lipinski definition) is 5. The highest BCUT2D eigenvalue weighted by Crippen LogP contribution is 2.34. The monoisotopic (exact) mass is 252 g/mol. The molecular weight excluding hydrogens is 228 g/mol. The SMILES string of the molecule is CCCNC(C)c1nnc(NC(C)CC2CC2)o1. The molecule has 0 amide bonds. The minimum atomic E-state index is 0.117. The largest absolute Gasteiger partial charge is 0.406 e. The molecule has 0 bridgehead atoms. The molecule has 102 valence electrons. The molecule has 5 nitrogen and oxygen atoms in total. The molecule has 0 spiro atoms. The molecule has 2 atom stereocenters. The van der Waals surface area contributed by atoms with Gasteiger partial charge < -0.3 is 15.1 Å². The van der Waals surface area contributed by atoms with Gasteiger partial charge in [0.25, 0.3) is 0 Å². The zero-order chi connectivity index (χ0) is 13.0. The van der Waals surface area contributed by atoms with Gasteiger partial charge in [-0.2, -0.15) is 0 Å². The summed E-state index contributed by atoms with van der Waals surface area (Å²) in [7, 11) is 0. The average Bonchev–Trinajstić information content (AvgIpc) is 3.02. The van der Waals surface area contributed by atoms with E-state index in [-0.39, 0.29) is 6.04 Å². The van der Waals surface area contributed by atoms with E-state index in [2.05, 4.69) is 34.7 Å². The maximum atomic E-state index is 5.62. The summed E-state index contributed by atoms with van der Waals surface area (Å²) in [6.07, 6.45) is 5.04. The van der Waals surface area contributed by atoms with Crippen LogP contribution in [0.5, 0.6) is 0 Å². The lowest BCUT2D eigenvalue weighted by atomic mass is 10.2. The van der Waals surface area contributed by atoms with Gasteiger partial charge in [-0.05, 0) is 39.2 Å². The smallest absolute Gasteiger partial charge is 0.315 e. The van der Waals surface area contributed by atoms with Crippen LogP contribution in [0.25, 0.3) is 0 Å². The van der Waals surface area contributed by atoms with Crippen LogP contribution in [0.2, 0.25) is 0 Å². The molecule has 2 unspecified atom stereocenters. The van der Waals surface area contributed by atoms with Crippen molar-refractivity contribution in [3.05, 3.63) is 5.89 Å². The minimum Gasteiger partial charge on any atom is -0.406 e. The molecule has 0 radical (unpaired) electrons. The van der Waals surface area contributed by atoms with E-state index in [1.54, 1.807) is 0 Å². The van der Waals surface area contributed by atoms with Gasteiger partial charge in [0.15, 0.2) is 0 Å². The second kappa shape index (κ2) is 6.18. The summed E-state index contributed by atoms with van der Waals surface area (Å²) in [6.45, 7) is 7.31. The zero-order valence-corrected chi connectivity index (χ0v) is 11.6. The first-order valence-corrected chi connectivity index (χ1v) is 7.02. The van der Waals surface area contributed by atoms with Crippen molar-refractivity contribution in [2.45, 2.75) is 58.5 Å². The molecule has 1 aromatic heterocycles. The third kappa shape index (κ3) is 3.98. The van der Waals surface area contributed by atoms with Gasteiger partial charge in [0, 0.05) is 6.04 Å². The molecule has 2 rings (SSSR count). The Morgan fingerprint density at radius 1 is 1.33 bits per heavy atom. The topological polar surface area (TPSA) is 63.0 Å². The summed E-state index contributed by atoms with van der Waals surface area (Å²) < 4.78 is 5.62. The van der Waals surface area contributed by atoms with Crippen LogP contribution < -0.4 is 10.6 Å². The Bertz CT molecular complexity index is 362. The lowest BCUT2D eigenvalue weighted by Gasteiger charge is -2.11. The van der Waals surface area contributed by atoms with Gasteiger partial charge >= 0.3 is 6.01 Å². The van der Waals surface area contributed by atoms with Gasteiger partial charge in [-0.1, -0.05) is 24.9 Å². The normalized spacial score (nSPS) is 18.6. The fourth-order valence-electron chi connectivity index (χ4n) is 2.04. The summed E-state index contributed by atoms with van der Waals surface area (Å²) in [5.41, 5.74) is 0. The second-order valence-corrected chi connectivity index (χ2v) is 5.35. The zero-order valence-electron chi connectivity index (χ0n) is 11.6. The van der Waals surface area contributed by atoms with Crippen LogP contribution in [0, 0.1) is 5.92 Å². The number of hydrogen-bond donors (Lipinski definition) is 2. The molecular formula is C13H24N4O. The van der Waals surface area contributed by atoms with Gasteiger partial charge in [0.1, 0.15) is 0 Å². The van der Waals surface area contributed by atoms with E-state index in [0.717, 1.165) is 18.9 Å². The Balaban J connectivity index is 1.80. The van der Waals surface area contributed by atoms with Crippen molar-refractivity contribution in [3.8, 4) is 0 Å². The predicted molar refractivity (Wildman–Crippen MR) is 71.4 cm³/mol. The van der Waals surface area contributed by atoms with Gasteiger partial charge in [0.05, 0.1) is 6.04 Å². The van der Waals surface area contributed by atoms with Gasteiger partial charge in [-0.3, -0.25) is 0 Å². The predicted octanol–water partition coefficient (Wildman–Crippen LogP) is 2.73. The number of rotatable bonds is 8. The van der Waals surface area contributed by atoms with Crippen molar-refractivity contribution in [2.24, 2.45) is 5.92 Å². The van der Waals surface area contributed by atoms with Crippen LogP contribution >= 0.6 is 0 Å². The fourth-order valence-corrected chi connectivity index (χ4v) is 2.04. The maximum Gasteiger partial charge on any atom is 0.315 e. The second-order valence-electron chi connectivity index (χ2n) is 5.35. The van der Waals surface area contributed by atoms with E-state index >= 15 is 0 Å². The Morgan fingerprint density at radius 2 is 2.11 bits per heavy atom. The average molecular weight is 252 g/mol. The van der Waals surface area contributed by atoms with Crippen molar-refractivity contribution in [2.75, 3.05) is 11.9 Å². The summed E-state index contributed by atoms with van der Waals surface area (Å²) in [6, 6.07) is 1.07. The first-order chi connectivity index (χ1) is 8.69. The van der Waals surface area contributed by atoms with Crippen molar-refractivity contribution < 1.29 is 4.42 Å². The van der Waals surface area contributed by atoms with E-state index in [4.69, 9.17) is 4.42 Å². The minimum absolute atomic E-state index is 0.117. The highest BCUT2D eigenvalue weighted by atomic mass is 16.4. The molecule has 1 heterocycles. The van der Waals surface area contributed by atoms with Crippen LogP contribution in [0.15, 0.2) is 4.42 Å². The Hall–Kier alpha value is -1.10. The fraction of sp³-hybridized carbons (Fsp3) is 0.846. The first kappa shape index (κ1) is 13.3. The van der Waals surface area contributed by atoms with E-state index in [1.165, 1.54) is 19.3 Å². The van der Waals surface area contributed by atoms with Crippen LogP contribution in [0.1, 0.15) is 58.4 Å². The highest BCUT2D eigenvalue weighted by molar-refractivity contribution is 5.19. The van der Waals surface area contributed by atoms with Crippen LogP contribution in [-0.2, 0) is 0 Å². The molecule has 1 aliphatic rings. The first-order valence-electron chi connectivity index (χ1n) is 7.02. The Labute approximate surface area is 109 Å². The molecule has 0 saturated heterocycles. The van der Waals surface area contributed by atoms with E-state index in [0.29, 0.717) is 17.9 Å². The Kier molecular flexibility index (Phi) is 4.58. The number of nitrogens with zero attached hydrogens (tertiary/aromatic N) is 2. The maximum absolute atomic E-state index is 5.62. The van der Waals surface area contributed by atoms with Crippen molar-refractivity contribution in [1.29, 1.82) is 0 Å². The van der Waals surface area contributed by atoms with Crippen molar-refractivity contribution in [3.63, 3.8) is 0 Å². The molecule has 0 aromatic carbocycles.